The van der Waals surface area contributed by atoms with Crippen LogP contribution in [0.4, 0.5) is 0 Å². The van der Waals surface area contributed by atoms with Crippen LogP contribution in [-0.2, 0) is 16.0 Å². The fourth-order valence-corrected chi connectivity index (χ4v) is 3.26. The number of rotatable bonds is 7. The molecule has 0 radical (unpaired) electrons. The number of ether oxygens (including phenoxy) is 1. The quantitative estimate of drug-likeness (QED) is 0.680. The number of hydrogen-bond acceptors (Lipinski definition) is 5. The third-order valence-electron chi connectivity index (χ3n) is 4.84. The summed E-state index contributed by atoms with van der Waals surface area (Å²) < 4.78 is 10.8. The lowest BCUT2D eigenvalue weighted by molar-refractivity contribution is -0.121. The van der Waals surface area contributed by atoms with Crippen molar-refractivity contribution in [3.8, 4) is 22.5 Å². The van der Waals surface area contributed by atoms with Gasteiger partial charge >= 0.3 is 0 Å². The van der Waals surface area contributed by atoms with E-state index in [9.17, 15) is 4.79 Å². The highest BCUT2D eigenvalue weighted by molar-refractivity contribution is 5.76. The van der Waals surface area contributed by atoms with Gasteiger partial charge in [0.25, 0.3) is 0 Å². The van der Waals surface area contributed by atoms with Crippen LogP contribution in [0.3, 0.4) is 0 Å². The molecule has 1 amide bonds. The van der Waals surface area contributed by atoms with Crippen molar-refractivity contribution in [3.05, 3.63) is 60.5 Å². The van der Waals surface area contributed by atoms with E-state index in [1.807, 2.05) is 42.5 Å². The van der Waals surface area contributed by atoms with Crippen LogP contribution in [0.1, 0.15) is 25.2 Å². The number of aryl methyl sites for hydroxylation is 1. The molecule has 1 aromatic heterocycles. The smallest absolute Gasteiger partial charge is 0.227 e. The van der Waals surface area contributed by atoms with Crippen molar-refractivity contribution in [2.75, 3.05) is 13.2 Å². The number of hydrogen-bond donors (Lipinski definition) is 1. The molecule has 0 aliphatic carbocycles. The van der Waals surface area contributed by atoms with E-state index in [2.05, 4.69) is 27.6 Å². The van der Waals surface area contributed by atoms with E-state index in [0.717, 1.165) is 36.1 Å². The minimum absolute atomic E-state index is 0.0255. The van der Waals surface area contributed by atoms with E-state index in [4.69, 9.17) is 9.26 Å². The number of benzene rings is 2. The fraction of sp³-hybridized carbons (Fsp3) is 0.318. The number of amides is 1. The summed E-state index contributed by atoms with van der Waals surface area (Å²) >= 11 is 0. The molecule has 1 aliphatic rings. The summed E-state index contributed by atoms with van der Waals surface area (Å²) in [5.74, 6) is 0.978. The molecule has 1 saturated heterocycles. The normalized spacial score (nSPS) is 16.2. The zero-order valence-electron chi connectivity index (χ0n) is 15.6. The Hall–Kier alpha value is -2.99. The second-order valence-electron chi connectivity index (χ2n) is 6.89. The van der Waals surface area contributed by atoms with Gasteiger partial charge in [0.05, 0.1) is 6.10 Å². The van der Waals surface area contributed by atoms with E-state index < -0.39 is 0 Å². The van der Waals surface area contributed by atoms with Gasteiger partial charge in [0.15, 0.2) is 0 Å². The summed E-state index contributed by atoms with van der Waals surface area (Å²) in [7, 11) is 0. The van der Waals surface area contributed by atoms with Gasteiger partial charge in [0.1, 0.15) is 0 Å². The first-order valence-corrected chi connectivity index (χ1v) is 9.65. The van der Waals surface area contributed by atoms with E-state index in [-0.39, 0.29) is 12.0 Å². The molecular formula is C22H23N3O3. The molecule has 28 heavy (non-hydrogen) atoms. The second-order valence-corrected chi connectivity index (χ2v) is 6.89. The predicted octanol–water partition coefficient (Wildman–Crippen LogP) is 3.63. The highest BCUT2D eigenvalue weighted by Gasteiger charge is 2.16. The van der Waals surface area contributed by atoms with E-state index in [1.165, 1.54) is 0 Å². The van der Waals surface area contributed by atoms with Gasteiger partial charge in [0, 0.05) is 31.6 Å². The Morgan fingerprint density at radius 3 is 2.54 bits per heavy atom. The molecule has 6 nitrogen and oxygen atoms in total. The molecule has 1 N–H and O–H groups in total. The lowest BCUT2D eigenvalue weighted by Gasteiger charge is -2.09. The predicted molar refractivity (Wildman–Crippen MR) is 105 cm³/mol. The largest absolute Gasteiger partial charge is 0.376 e. The summed E-state index contributed by atoms with van der Waals surface area (Å²) in [6, 6.07) is 18.2. The molecule has 1 atom stereocenters. The summed E-state index contributed by atoms with van der Waals surface area (Å²) in [6.45, 7) is 1.36. The van der Waals surface area contributed by atoms with Gasteiger partial charge in [-0.05, 0) is 24.0 Å². The maximum Gasteiger partial charge on any atom is 0.227 e. The molecule has 2 heterocycles. The first kappa shape index (κ1) is 18.4. The van der Waals surface area contributed by atoms with Gasteiger partial charge in [0.2, 0.25) is 17.6 Å². The molecule has 2 aromatic carbocycles. The van der Waals surface area contributed by atoms with Crippen LogP contribution < -0.4 is 5.32 Å². The van der Waals surface area contributed by atoms with Crippen molar-refractivity contribution in [1.82, 2.24) is 15.5 Å². The highest BCUT2D eigenvalue weighted by Crippen LogP contribution is 2.23. The number of nitrogens with one attached hydrogen (secondary N) is 1. The topological polar surface area (TPSA) is 77.2 Å². The van der Waals surface area contributed by atoms with Crippen molar-refractivity contribution >= 4 is 5.91 Å². The third kappa shape index (κ3) is 4.64. The summed E-state index contributed by atoms with van der Waals surface area (Å²) in [6.07, 6.45) is 2.97. The Labute approximate surface area is 163 Å². The van der Waals surface area contributed by atoms with Crippen molar-refractivity contribution in [1.29, 1.82) is 0 Å². The first-order valence-electron chi connectivity index (χ1n) is 9.65. The van der Waals surface area contributed by atoms with Crippen molar-refractivity contribution in [2.45, 2.75) is 31.8 Å². The maximum atomic E-state index is 12.0. The summed E-state index contributed by atoms with van der Waals surface area (Å²) in [5.41, 5.74) is 3.19. The van der Waals surface area contributed by atoms with Crippen molar-refractivity contribution in [2.24, 2.45) is 0 Å². The lowest BCUT2D eigenvalue weighted by atomic mass is 10.0. The van der Waals surface area contributed by atoms with Crippen LogP contribution in [0.5, 0.6) is 0 Å². The SMILES string of the molecule is O=C(CCc1nc(-c2ccc(-c3ccccc3)cc2)no1)NCC1CCCO1. The highest BCUT2D eigenvalue weighted by atomic mass is 16.5. The van der Waals surface area contributed by atoms with E-state index >= 15 is 0 Å². The third-order valence-corrected chi connectivity index (χ3v) is 4.84. The Morgan fingerprint density at radius 2 is 1.79 bits per heavy atom. The minimum atomic E-state index is -0.0255. The molecule has 1 unspecified atom stereocenters. The molecule has 3 aromatic rings. The zero-order valence-corrected chi connectivity index (χ0v) is 15.6. The van der Waals surface area contributed by atoms with Crippen LogP contribution in [0.2, 0.25) is 0 Å². The number of nitrogens with zero attached hydrogens (tertiary/aromatic N) is 2. The van der Waals surface area contributed by atoms with Crippen LogP contribution in [0.25, 0.3) is 22.5 Å². The monoisotopic (exact) mass is 377 g/mol. The van der Waals surface area contributed by atoms with Gasteiger partial charge in [-0.2, -0.15) is 4.98 Å². The van der Waals surface area contributed by atoms with Crippen molar-refractivity contribution in [3.63, 3.8) is 0 Å². The first-order chi connectivity index (χ1) is 13.8. The van der Waals surface area contributed by atoms with Gasteiger partial charge in [-0.15, -0.1) is 0 Å². The van der Waals surface area contributed by atoms with E-state index in [0.29, 0.717) is 31.1 Å². The van der Waals surface area contributed by atoms with Crippen LogP contribution in [-0.4, -0.2) is 35.3 Å². The van der Waals surface area contributed by atoms with Gasteiger partial charge in [-0.25, -0.2) is 0 Å². The Bertz CT molecular complexity index is 900. The molecule has 0 spiro atoms. The molecule has 1 fully saturated rings. The van der Waals surface area contributed by atoms with E-state index in [1.54, 1.807) is 0 Å². The summed E-state index contributed by atoms with van der Waals surface area (Å²) in [4.78, 5) is 16.4. The van der Waals surface area contributed by atoms with Gasteiger partial charge < -0.3 is 14.6 Å². The van der Waals surface area contributed by atoms with Crippen LogP contribution >= 0.6 is 0 Å². The average Bonchev–Trinajstić information content (AvgIpc) is 3.44. The molecule has 0 bridgehead atoms. The average molecular weight is 377 g/mol. The number of carbonyl (C=O) groups is 1. The molecule has 0 saturated carbocycles. The molecule has 6 heteroatoms. The number of aromatic nitrogens is 2. The standard InChI is InChI=1S/C22H23N3O3/c26-20(23-15-19-7-4-14-27-19)12-13-21-24-22(25-28-21)18-10-8-17(9-11-18)16-5-2-1-3-6-16/h1-3,5-6,8-11,19H,4,7,12-15H2,(H,23,26). The number of carbonyl (C=O) groups excluding carboxylic acids is 1. The Kier molecular flexibility index (Phi) is 5.77. The molecule has 4 rings (SSSR count). The minimum Gasteiger partial charge on any atom is -0.376 e. The molecule has 1 aliphatic heterocycles. The van der Waals surface area contributed by atoms with Gasteiger partial charge in [-0.1, -0.05) is 59.8 Å². The second kappa shape index (κ2) is 8.80. The Morgan fingerprint density at radius 1 is 1.04 bits per heavy atom. The van der Waals surface area contributed by atoms with Crippen LogP contribution in [0.15, 0.2) is 59.1 Å². The maximum absolute atomic E-state index is 12.0. The molecule has 144 valence electrons. The van der Waals surface area contributed by atoms with Crippen molar-refractivity contribution < 1.29 is 14.1 Å². The Balaban J connectivity index is 1.30. The fourth-order valence-electron chi connectivity index (χ4n) is 3.26. The lowest BCUT2D eigenvalue weighted by Crippen LogP contribution is -2.31. The zero-order chi connectivity index (χ0) is 19.2. The molecular weight excluding hydrogens is 354 g/mol. The summed E-state index contributed by atoms with van der Waals surface area (Å²) in [5, 5.41) is 6.94. The van der Waals surface area contributed by atoms with Crippen LogP contribution in [0, 0.1) is 0 Å². The van der Waals surface area contributed by atoms with Gasteiger partial charge in [-0.3, -0.25) is 4.79 Å².